The Bertz CT molecular complexity index is 846. The Morgan fingerprint density at radius 2 is 1.78 bits per heavy atom. The lowest BCUT2D eigenvalue weighted by molar-refractivity contribution is -0.123. The fraction of sp³-hybridized carbons (Fsp3) is 0.438. The van der Waals surface area contributed by atoms with E-state index in [-0.39, 0.29) is 15.5 Å². The molecule has 0 aliphatic heterocycles. The molecule has 0 radical (unpaired) electrons. The number of nitrogens with one attached hydrogen (secondary N) is 2. The van der Waals surface area contributed by atoms with E-state index >= 15 is 0 Å². The highest BCUT2D eigenvalue weighted by Gasteiger charge is 2.22. The summed E-state index contributed by atoms with van der Waals surface area (Å²) in [6, 6.07) is 2.81. The summed E-state index contributed by atoms with van der Waals surface area (Å²) in [6.07, 6.45) is 0. The van der Waals surface area contributed by atoms with Crippen LogP contribution in [-0.4, -0.2) is 56.9 Å². The van der Waals surface area contributed by atoms with Gasteiger partial charge >= 0.3 is 12.0 Å². The number of carbonyl (C=O) groups is 3. The second kappa shape index (κ2) is 8.68. The number of nitrogens with zero attached hydrogens (tertiary/aromatic N) is 1. The van der Waals surface area contributed by atoms with Crippen molar-refractivity contribution in [2.75, 3.05) is 20.7 Å². The van der Waals surface area contributed by atoms with Crippen LogP contribution in [0.25, 0.3) is 0 Å². The number of hydrogen-bond acceptors (Lipinski definition) is 6. The number of imide groups is 1. The zero-order chi connectivity index (χ0) is 21.0. The Balaban J connectivity index is 2.81. The van der Waals surface area contributed by atoms with Crippen molar-refractivity contribution in [1.29, 1.82) is 0 Å². The van der Waals surface area contributed by atoms with Gasteiger partial charge in [0.2, 0.25) is 10.0 Å². The highest BCUT2D eigenvalue weighted by Crippen LogP contribution is 2.22. The molecule has 1 aromatic rings. The molecule has 0 fully saturated rings. The summed E-state index contributed by atoms with van der Waals surface area (Å²) < 4.78 is 30.1. The Morgan fingerprint density at radius 1 is 1.19 bits per heavy atom. The van der Waals surface area contributed by atoms with Gasteiger partial charge in [0.25, 0.3) is 5.91 Å². The van der Waals surface area contributed by atoms with E-state index in [9.17, 15) is 22.8 Å². The third kappa shape index (κ3) is 6.81. The van der Waals surface area contributed by atoms with E-state index in [1.54, 1.807) is 20.8 Å². The molecule has 0 aliphatic carbocycles. The van der Waals surface area contributed by atoms with Crippen molar-refractivity contribution in [3.63, 3.8) is 0 Å². The van der Waals surface area contributed by atoms with Gasteiger partial charge in [0, 0.05) is 19.6 Å². The lowest BCUT2D eigenvalue weighted by Gasteiger charge is -2.20. The lowest BCUT2D eigenvalue weighted by Crippen LogP contribution is -2.49. The molecule has 0 saturated heterocycles. The van der Waals surface area contributed by atoms with Crippen LogP contribution in [-0.2, 0) is 19.6 Å². The monoisotopic (exact) mass is 419 g/mol. The number of benzene rings is 1. The van der Waals surface area contributed by atoms with Gasteiger partial charge in [0.15, 0.2) is 6.61 Å². The maximum Gasteiger partial charge on any atom is 0.340 e. The zero-order valence-corrected chi connectivity index (χ0v) is 17.2. The van der Waals surface area contributed by atoms with Crippen molar-refractivity contribution >= 4 is 39.5 Å². The highest BCUT2D eigenvalue weighted by atomic mass is 35.5. The number of urea groups is 1. The molecule has 9 nitrogen and oxygen atoms in total. The molecule has 0 heterocycles. The first kappa shape index (κ1) is 22.9. The summed E-state index contributed by atoms with van der Waals surface area (Å²) in [5, 5.41) is 4.48. The smallest absolute Gasteiger partial charge is 0.340 e. The molecule has 0 bridgehead atoms. The van der Waals surface area contributed by atoms with Crippen molar-refractivity contribution in [1.82, 2.24) is 14.9 Å². The van der Waals surface area contributed by atoms with E-state index in [1.807, 2.05) is 5.32 Å². The van der Waals surface area contributed by atoms with Crippen LogP contribution >= 0.6 is 11.6 Å². The van der Waals surface area contributed by atoms with E-state index in [1.165, 1.54) is 26.2 Å². The summed E-state index contributed by atoms with van der Waals surface area (Å²) >= 11 is 5.92. The number of hydrogen-bond donors (Lipinski definition) is 2. The number of rotatable bonds is 5. The second-order valence-electron chi connectivity index (χ2n) is 6.76. The fourth-order valence-electron chi connectivity index (χ4n) is 1.78. The van der Waals surface area contributed by atoms with E-state index < -0.39 is 40.1 Å². The molecule has 0 atom stereocenters. The van der Waals surface area contributed by atoms with Gasteiger partial charge in [0.1, 0.15) is 0 Å². The lowest BCUT2D eigenvalue weighted by atomic mass is 10.1. The minimum absolute atomic E-state index is 0.0383. The molecular weight excluding hydrogens is 398 g/mol. The highest BCUT2D eigenvalue weighted by molar-refractivity contribution is 7.89. The Morgan fingerprint density at radius 3 is 2.30 bits per heavy atom. The third-order valence-electron chi connectivity index (χ3n) is 3.01. The second-order valence-corrected chi connectivity index (χ2v) is 9.32. The summed E-state index contributed by atoms with van der Waals surface area (Å²) in [5.41, 5.74) is -0.765. The van der Waals surface area contributed by atoms with E-state index in [2.05, 4.69) is 5.32 Å². The quantitative estimate of drug-likeness (QED) is 0.695. The number of carbonyl (C=O) groups excluding carboxylic acids is 3. The fourth-order valence-corrected chi connectivity index (χ4v) is 2.90. The van der Waals surface area contributed by atoms with Crippen molar-refractivity contribution < 1.29 is 27.5 Å². The predicted molar refractivity (Wildman–Crippen MR) is 99.0 cm³/mol. The van der Waals surface area contributed by atoms with Crippen LogP contribution in [0.15, 0.2) is 23.1 Å². The average Bonchev–Trinajstić information content (AvgIpc) is 2.50. The van der Waals surface area contributed by atoms with Gasteiger partial charge in [-0.15, -0.1) is 0 Å². The molecule has 2 N–H and O–H groups in total. The largest absolute Gasteiger partial charge is 0.452 e. The molecular formula is C16H22ClN3O6S. The van der Waals surface area contributed by atoms with Crippen LogP contribution in [0.3, 0.4) is 0 Å². The molecule has 0 spiro atoms. The SMILES string of the molecule is CN(C)S(=O)(=O)c1ccc(Cl)c(C(=O)OCC(=O)NC(=O)NC(C)(C)C)c1. The van der Waals surface area contributed by atoms with Crippen molar-refractivity contribution in [3.05, 3.63) is 28.8 Å². The maximum atomic E-state index is 12.1. The van der Waals surface area contributed by atoms with Crippen LogP contribution in [0.1, 0.15) is 31.1 Å². The molecule has 27 heavy (non-hydrogen) atoms. The van der Waals surface area contributed by atoms with Gasteiger partial charge in [-0.05, 0) is 39.0 Å². The van der Waals surface area contributed by atoms with Gasteiger partial charge in [0.05, 0.1) is 15.5 Å². The zero-order valence-electron chi connectivity index (χ0n) is 15.6. The third-order valence-corrected chi connectivity index (χ3v) is 5.15. The molecule has 0 saturated carbocycles. The van der Waals surface area contributed by atoms with Crippen LogP contribution in [0, 0.1) is 0 Å². The number of ether oxygens (including phenoxy) is 1. The molecule has 1 aromatic carbocycles. The van der Waals surface area contributed by atoms with Gasteiger partial charge < -0.3 is 10.1 Å². The van der Waals surface area contributed by atoms with Crippen LogP contribution in [0.2, 0.25) is 5.02 Å². The first-order valence-electron chi connectivity index (χ1n) is 7.75. The molecule has 11 heteroatoms. The van der Waals surface area contributed by atoms with Gasteiger partial charge in [-0.2, -0.15) is 0 Å². The Kier molecular flexibility index (Phi) is 7.35. The van der Waals surface area contributed by atoms with E-state index in [4.69, 9.17) is 16.3 Å². The molecule has 0 unspecified atom stereocenters. The number of halogens is 1. The van der Waals surface area contributed by atoms with E-state index in [0.29, 0.717) is 0 Å². The van der Waals surface area contributed by atoms with Gasteiger partial charge in [-0.1, -0.05) is 11.6 Å². The summed E-state index contributed by atoms with van der Waals surface area (Å²) in [5.74, 6) is -1.85. The minimum Gasteiger partial charge on any atom is -0.452 e. The van der Waals surface area contributed by atoms with Crippen molar-refractivity contribution in [3.8, 4) is 0 Å². The summed E-state index contributed by atoms with van der Waals surface area (Å²) in [4.78, 5) is 35.3. The first-order valence-corrected chi connectivity index (χ1v) is 9.57. The number of amides is 3. The van der Waals surface area contributed by atoms with Crippen molar-refractivity contribution in [2.24, 2.45) is 0 Å². The van der Waals surface area contributed by atoms with Crippen molar-refractivity contribution in [2.45, 2.75) is 31.2 Å². The number of esters is 1. The molecule has 150 valence electrons. The average molecular weight is 420 g/mol. The van der Waals surface area contributed by atoms with Gasteiger partial charge in [-0.25, -0.2) is 22.3 Å². The van der Waals surface area contributed by atoms with E-state index in [0.717, 1.165) is 10.4 Å². The maximum absolute atomic E-state index is 12.1. The minimum atomic E-state index is -3.78. The summed E-state index contributed by atoms with van der Waals surface area (Å²) in [7, 11) is -1.10. The molecule has 1 rings (SSSR count). The topological polar surface area (TPSA) is 122 Å². The van der Waals surface area contributed by atoms with Crippen LogP contribution in [0.4, 0.5) is 4.79 Å². The summed E-state index contributed by atoms with van der Waals surface area (Å²) in [6.45, 7) is 4.45. The number of sulfonamides is 1. The molecule has 0 aliphatic rings. The van der Waals surface area contributed by atoms with Crippen LogP contribution < -0.4 is 10.6 Å². The Labute approximate surface area is 163 Å². The molecule has 0 aromatic heterocycles. The van der Waals surface area contributed by atoms with Gasteiger partial charge in [-0.3, -0.25) is 10.1 Å². The van der Waals surface area contributed by atoms with Crippen LogP contribution in [0.5, 0.6) is 0 Å². The predicted octanol–water partition coefficient (Wildman–Crippen LogP) is 1.37. The molecule has 3 amide bonds. The normalized spacial score (nSPS) is 11.8. The first-order chi connectivity index (χ1) is 12.2. The Hall–Kier alpha value is -2.17. The standard InChI is InChI=1S/C16H22ClN3O6S/c1-16(2,3)19-15(23)18-13(21)9-26-14(22)11-8-10(6-7-12(11)17)27(24,25)20(4)5/h6-8H,9H2,1-5H3,(H2,18,19,21,23).